The number of carbonyl (C=O) groups is 1. The molecule has 7 heteroatoms. The van der Waals surface area contributed by atoms with Gasteiger partial charge in [-0.15, -0.1) is 0 Å². The Bertz CT molecular complexity index is 549. The number of aliphatic hydroxyl groups is 1. The minimum Gasteiger partial charge on any atom is -0.390 e. The lowest BCUT2D eigenvalue weighted by Crippen LogP contribution is -2.56. The summed E-state index contributed by atoms with van der Waals surface area (Å²) in [5.74, 6) is 0.514. The maximum absolute atomic E-state index is 12.4. The number of aryl methyl sites for hydroxylation is 1. The lowest BCUT2D eigenvalue weighted by Gasteiger charge is -2.46. The summed E-state index contributed by atoms with van der Waals surface area (Å²) >= 11 is 0. The average molecular weight is 308 g/mol. The Hall–Kier alpha value is -1.60. The van der Waals surface area contributed by atoms with Crippen molar-refractivity contribution in [2.75, 3.05) is 25.4 Å². The number of carbonyl (C=O) groups excluding carboxylic acids is 1. The van der Waals surface area contributed by atoms with E-state index in [1.54, 1.807) is 6.07 Å². The molecule has 22 heavy (non-hydrogen) atoms. The summed E-state index contributed by atoms with van der Waals surface area (Å²) in [7, 11) is 0. The number of likely N-dealkylation sites (tertiary alicyclic amines) is 1. The topological polar surface area (TPSA) is 93.6 Å². The number of amides is 1. The van der Waals surface area contributed by atoms with Gasteiger partial charge in [0.1, 0.15) is 12.4 Å². The van der Waals surface area contributed by atoms with Crippen LogP contribution in [0, 0.1) is 6.92 Å². The first kappa shape index (κ1) is 15.3. The highest BCUT2D eigenvalue weighted by Gasteiger charge is 2.44. The van der Waals surface area contributed by atoms with Crippen LogP contribution in [-0.4, -0.2) is 57.1 Å². The summed E-state index contributed by atoms with van der Waals surface area (Å²) in [5.41, 5.74) is 6.18. The van der Waals surface area contributed by atoms with Crippen LogP contribution in [0.4, 0.5) is 5.82 Å². The van der Waals surface area contributed by atoms with Crippen LogP contribution in [-0.2, 0) is 16.1 Å². The molecule has 2 fully saturated rings. The molecule has 7 nitrogen and oxygen atoms in total. The maximum Gasteiger partial charge on any atom is 0.244 e. The van der Waals surface area contributed by atoms with E-state index in [-0.39, 0.29) is 12.5 Å². The fraction of sp³-hybridized carbons (Fsp3) is 0.733. The smallest absolute Gasteiger partial charge is 0.244 e. The number of nitrogen functional groups attached to an aromatic ring is 1. The lowest BCUT2D eigenvalue weighted by atomic mass is 9.82. The highest BCUT2D eigenvalue weighted by molar-refractivity contribution is 5.76. The summed E-state index contributed by atoms with van der Waals surface area (Å²) in [6, 6.07) is 1.75. The molecule has 3 rings (SSSR count). The lowest BCUT2D eigenvalue weighted by molar-refractivity contribution is -0.179. The van der Waals surface area contributed by atoms with Crippen LogP contribution in [0.15, 0.2) is 6.07 Å². The van der Waals surface area contributed by atoms with Crippen molar-refractivity contribution in [3.05, 3.63) is 11.8 Å². The number of aromatic nitrogens is 2. The van der Waals surface area contributed by atoms with Gasteiger partial charge >= 0.3 is 0 Å². The Labute approximate surface area is 130 Å². The largest absolute Gasteiger partial charge is 0.390 e. The second-order valence-corrected chi connectivity index (χ2v) is 6.32. The molecular weight excluding hydrogens is 284 g/mol. The van der Waals surface area contributed by atoms with Gasteiger partial charge in [0, 0.05) is 25.8 Å². The first-order chi connectivity index (χ1) is 10.5. The van der Waals surface area contributed by atoms with E-state index in [1.165, 1.54) is 4.68 Å². The molecule has 1 aromatic heterocycles. The Kier molecular flexibility index (Phi) is 4.10. The second kappa shape index (κ2) is 5.89. The van der Waals surface area contributed by atoms with E-state index < -0.39 is 11.7 Å². The molecule has 1 spiro atoms. The van der Waals surface area contributed by atoms with Crippen LogP contribution in [0.25, 0.3) is 0 Å². The average Bonchev–Trinajstić information content (AvgIpc) is 2.81. The molecule has 1 atom stereocenters. The molecule has 2 saturated heterocycles. The zero-order valence-electron chi connectivity index (χ0n) is 13.0. The number of hydrogen-bond donors (Lipinski definition) is 2. The Morgan fingerprint density at radius 2 is 2.27 bits per heavy atom. The van der Waals surface area contributed by atoms with Gasteiger partial charge in [-0.2, -0.15) is 5.10 Å². The summed E-state index contributed by atoms with van der Waals surface area (Å²) in [6.45, 7) is 3.93. The second-order valence-electron chi connectivity index (χ2n) is 6.32. The number of piperidine rings is 1. The van der Waals surface area contributed by atoms with E-state index in [0.29, 0.717) is 38.4 Å². The number of ether oxygens (including phenoxy) is 1. The Balaban J connectivity index is 1.59. The van der Waals surface area contributed by atoms with Crippen LogP contribution in [0.1, 0.15) is 31.4 Å². The third-order valence-electron chi connectivity index (χ3n) is 4.80. The minimum absolute atomic E-state index is 0.00921. The zero-order valence-corrected chi connectivity index (χ0v) is 13.0. The summed E-state index contributed by atoms with van der Waals surface area (Å²) in [6.07, 6.45) is 2.66. The van der Waals surface area contributed by atoms with Crippen LogP contribution in [0.2, 0.25) is 0 Å². The molecule has 2 aliphatic rings. The summed E-state index contributed by atoms with van der Waals surface area (Å²) < 4.78 is 7.40. The van der Waals surface area contributed by atoms with Crippen molar-refractivity contribution in [2.45, 2.75) is 50.9 Å². The van der Waals surface area contributed by atoms with Crippen molar-refractivity contribution in [3.63, 3.8) is 0 Å². The highest BCUT2D eigenvalue weighted by Crippen LogP contribution is 2.35. The van der Waals surface area contributed by atoms with Gasteiger partial charge in [-0.3, -0.25) is 4.79 Å². The molecule has 0 radical (unpaired) electrons. The maximum atomic E-state index is 12.4. The normalized spacial score (nSPS) is 24.6. The van der Waals surface area contributed by atoms with Crippen molar-refractivity contribution in [3.8, 4) is 0 Å². The molecule has 0 aliphatic carbocycles. The van der Waals surface area contributed by atoms with Crippen molar-refractivity contribution in [1.82, 2.24) is 14.7 Å². The summed E-state index contributed by atoms with van der Waals surface area (Å²) in [4.78, 5) is 14.2. The van der Waals surface area contributed by atoms with Gasteiger partial charge < -0.3 is 20.5 Å². The van der Waals surface area contributed by atoms with E-state index >= 15 is 0 Å². The van der Waals surface area contributed by atoms with Gasteiger partial charge in [-0.25, -0.2) is 4.68 Å². The van der Waals surface area contributed by atoms with Gasteiger partial charge in [0.05, 0.1) is 17.4 Å². The first-order valence-electron chi connectivity index (χ1n) is 7.90. The Morgan fingerprint density at radius 3 is 2.86 bits per heavy atom. The number of rotatable bonds is 2. The van der Waals surface area contributed by atoms with Crippen LogP contribution in [0.5, 0.6) is 0 Å². The number of hydrogen-bond acceptors (Lipinski definition) is 5. The third-order valence-corrected chi connectivity index (χ3v) is 4.80. The van der Waals surface area contributed by atoms with Gasteiger partial charge in [-0.1, -0.05) is 0 Å². The highest BCUT2D eigenvalue weighted by atomic mass is 16.5. The van der Waals surface area contributed by atoms with E-state index in [4.69, 9.17) is 10.5 Å². The number of anilines is 1. The molecule has 0 bridgehead atoms. The SMILES string of the molecule is Cc1cc(N)n(CC(=O)N2CCC3(CC2)OCCC[C@@H]3O)n1. The van der Waals surface area contributed by atoms with Crippen molar-refractivity contribution in [1.29, 1.82) is 0 Å². The van der Waals surface area contributed by atoms with Gasteiger partial charge in [0.15, 0.2) is 0 Å². The van der Waals surface area contributed by atoms with Gasteiger partial charge in [0.2, 0.25) is 5.91 Å². The molecule has 0 saturated carbocycles. The molecule has 0 aromatic carbocycles. The number of nitrogens with two attached hydrogens (primary N) is 1. The molecule has 2 aliphatic heterocycles. The van der Waals surface area contributed by atoms with Crippen molar-refractivity contribution < 1.29 is 14.6 Å². The van der Waals surface area contributed by atoms with E-state index in [2.05, 4.69) is 5.10 Å². The third kappa shape index (κ3) is 2.83. The predicted molar refractivity (Wildman–Crippen MR) is 81.1 cm³/mol. The fourth-order valence-corrected chi connectivity index (χ4v) is 3.44. The molecule has 0 unspecified atom stereocenters. The zero-order chi connectivity index (χ0) is 15.7. The van der Waals surface area contributed by atoms with Gasteiger partial charge in [0.25, 0.3) is 0 Å². The van der Waals surface area contributed by atoms with Crippen LogP contribution in [0.3, 0.4) is 0 Å². The first-order valence-corrected chi connectivity index (χ1v) is 7.90. The van der Waals surface area contributed by atoms with E-state index in [0.717, 1.165) is 18.5 Å². The number of nitrogens with zero attached hydrogens (tertiary/aromatic N) is 3. The number of aliphatic hydroxyl groups excluding tert-OH is 1. The molecular formula is C15H24N4O3. The molecule has 1 aromatic rings. The summed E-state index contributed by atoms with van der Waals surface area (Å²) in [5, 5.41) is 14.4. The van der Waals surface area contributed by atoms with Crippen LogP contribution >= 0.6 is 0 Å². The monoisotopic (exact) mass is 308 g/mol. The van der Waals surface area contributed by atoms with Gasteiger partial charge in [-0.05, 0) is 32.6 Å². The standard InChI is InChI=1S/C15H24N4O3/c1-11-9-13(16)19(17-11)10-14(21)18-6-4-15(5-7-18)12(20)3-2-8-22-15/h9,12,20H,2-8,10,16H2,1H3/t12-/m0/s1. The molecule has 122 valence electrons. The van der Waals surface area contributed by atoms with E-state index in [9.17, 15) is 9.90 Å². The van der Waals surface area contributed by atoms with E-state index in [1.807, 2.05) is 11.8 Å². The van der Waals surface area contributed by atoms with Crippen molar-refractivity contribution >= 4 is 11.7 Å². The van der Waals surface area contributed by atoms with Crippen LogP contribution < -0.4 is 5.73 Å². The minimum atomic E-state index is -0.448. The predicted octanol–water partition coefficient (Wildman–Crippen LogP) is 0.306. The van der Waals surface area contributed by atoms with Crippen molar-refractivity contribution in [2.24, 2.45) is 0 Å². The molecule has 3 heterocycles. The molecule has 3 N–H and O–H groups in total. The Morgan fingerprint density at radius 1 is 1.55 bits per heavy atom. The quantitative estimate of drug-likeness (QED) is 0.820. The molecule has 1 amide bonds. The fourth-order valence-electron chi connectivity index (χ4n) is 3.44.